The molecule has 2 aliphatic rings. The van der Waals surface area contributed by atoms with Crippen molar-refractivity contribution in [1.29, 1.82) is 0 Å². The second-order valence-corrected chi connectivity index (χ2v) is 6.18. The van der Waals surface area contributed by atoms with Gasteiger partial charge in [-0.1, -0.05) is 29.4 Å². The molecule has 1 aliphatic heterocycles. The minimum Gasteiger partial charge on any atom is -0.339 e. The summed E-state index contributed by atoms with van der Waals surface area (Å²) in [7, 11) is 0. The van der Waals surface area contributed by atoms with Crippen LogP contribution in [0.3, 0.4) is 0 Å². The highest BCUT2D eigenvalue weighted by Crippen LogP contribution is 2.35. The van der Waals surface area contributed by atoms with Crippen molar-refractivity contribution in [3.8, 4) is 0 Å². The van der Waals surface area contributed by atoms with Gasteiger partial charge >= 0.3 is 0 Å². The summed E-state index contributed by atoms with van der Waals surface area (Å²) >= 11 is 0. The molecule has 2 heterocycles. The van der Waals surface area contributed by atoms with Gasteiger partial charge in [0.05, 0.1) is 5.92 Å². The molecule has 2 atom stereocenters. The Balaban J connectivity index is 1.61. The van der Waals surface area contributed by atoms with Crippen molar-refractivity contribution in [3.05, 3.63) is 47.1 Å². The largest absolute Gasteiger partial charge is 0.339 e. The molecule has 4 rings (SSSR count). The van der Waals surface area contributed by atoms with Crippen molar-refractivity contribution in [2.24, 2.45) is 0 Å². The zero-order chi connectivity index (χ0) is 14.1. The lowest BCUT2D eigenvalue weighted by molar-refractivity contribution is 0.319. The summed E-state index contributed by atoms with van der Waals surface area (Å²) < 4.78 is 5.57. The molecule has 1 N–H and O–H groups in total. The van der Waals surface area contributed by atoms with Crippen molar-refractivity contribution >= 4 is 0 Å². The number of nitrogens with one attached hydrogen (secondary N) is 1. The van der Waals surface area contributed by atoms with Gasteiger partial charge in [0, 0.05) is 12.5 Å². The predicted molar refractivity (Wildman–Crippen MR) is 80.4 cm³/mol. The van der Waals surface area contributed by atoms with Gasteiger partial charge in [-0.3, -0.25) is 0 Å². The number of nitrogens with zero attached hydrogens (tertiary/aromatic N) is 2. The van der Waals surface area contributed by atoms with Crippen LogP contribution in [0.15, 0.2) is 28.8 Å². The van der Waals surface area contributed by atoms with Crippen molar-refractivity contribution in [1.82, 2.24) is 15.5 Å². The van der Waals surface area contributed by atoms with Gasteiger partial charge in [0.1, 0.15) is 0 Å². The molecule has 4 nitrogen and oxygen atoms in total. The van der Waals surface area contributed by atoms with Gasteiger partial charge in [-0.15, -0.1) is 0 Å². The maximum atomic E-state index is 5.57. The Labute approximate surface area is 124 Å². The van der Waals surface area contributed by atoms with Gasteiger partial charge in [0.2, 0.25) is 5.89 Å². The maximum Gasteiger partial charge on any atom is 0.231 e. The highest BCUT2D eigenvalue weighted by molar-refractivity contribution is 5.36. The third-order valence-electron chi connectivity index (χ3n) is 4.78. The fourth-order valence-electron chi connectivity index (χ4n) is 3.64. The van der Waals surface area contributed by atoms with Crippen molar-refractivity contribution in [2.75, 3.05) is 13.1 Å². The van der Waals surface area contributed by atoms with E-state index in [-0.39, 0.29) is 0 Å². The van der Waals surface area contributed by atoms with Crippen LogP contribution >= 0.6 is 0 Å². The highest BCUT2D eigenvalue weighted by Gasteiger charge is 2.28. The topological polar surface area (TPSA) is 51.0 Å². The molecule has 4 heteroatoms. The van der Waals surface area contributed by atoms with Crippen LogP contribution in [-0.2, 0) is 6.42 Å². The van der Waals surface area contributed by atoms with Crippen LogP contribution in [0.5, 0.6) is 0 Å². The van der Waals surface area contributed by atoms with Gasteiger partial charge in [0.15, 0.2) is 5.82 Å². The summed E-state index contributed by atoms with van der Waals surface area (Å²) in [6.45, 7) is 2.07. The molecule has 0 saturated carbocycles. The van der Waals surface area contributed by atoms with E-state index in [0.717, 1.165) is 37.6 Å². The lowest BCUT2D eigenvalue weighted by atomic mass is 9.82. The van der Waals surface area contributed by atoms with Gasteiger partial charge < -0.3 is 9.84 Å². The average Bonchev–Trinajstić information content (AvgIpc) is 3.05. The first-order valence-corrected chi connectivity index (χ1v) is 8.04. The molecular formula is C17H21N3O. The SMILES string of the molecule is c1ccc2c(c1)CCCC2c1noc([C@H]2CCCNC2)n1. The van der Waals surface area contributed by atoms with E-state index < -0.39 is 0 Å². The van der Waals surface area contributed by atoms with E-state index in [1.54, 1.807) is 0 Å². The standard InChI is InChI=1S/C17H21N3O/c1-2-8-14-12(5-1)6-3-9-15(14)16-19-17(21-20-16)13-7-4-10-18-11-13/h1-2,5,8,13,15,18H,3-4,6-7,9-11H2/t13-,15?/m0/s1. The molecular weight excluding hydrogens is 262 g/mol. The molecule has 1 aliphatic carbocycles. The fourth-order valence-corrected chi connectivity index (χ4v) is 3.64. The van der Waals surface area contributed by atoms with Crippen molar-refractivity contribution < 1.29 is 4.52 Å². The van der Waals surface area contributed by atoms with E-state index in [4.69, 9.17) is 9.51 Å². The molecule has 0 radical (unpaired) electrons. The molecule has 2 aromatic rings. The van der Waals surface area contributed by atoms with E-state index >= 15 is 0 Å². The number of rotatable bonds is 2. The highest BCUT2D eigenvalue weighted by atomic mass is 16.5. The Morgan fingerprint density at radius 3 is 3.00 bits per heavy atom. The molecule has 21 heavy (non-hydrogen) atoms. The van der Waals surface area contributed by atoms with Crippen LogP contribution in [0.25, 0.3) is 0 Å². The molecule has 1 aromatic carbocycles. The Kier molecular flexibility index (Phi) is 3.47. The second-order valence-electron chi connectivity index (χ2n) is 6.18. The molecule has 1 saturated heterocycles. The zero-order valence-electron chi connectivity index (χ0n) is 12.2. The second kappa shape index (κ2) is 5.60. The number of aromatic nitrogens is 2. The van der Waals surface area contributed by atoms with Crippen LogP contribution in [0.2, 0.25) is 0 Å². The van der Waals surface area contributed by atoms with Crippen molar-refractivity contribution in [3.63, 3.8) is 0 Å². The van der Waals surface area contributed by atoms with E-state index in [1.807, 2.05) is 0 Å². The first-order valence-electron chi connectivity index (χ1n) is 8.04. The summed E-state index contributed by atoms with van der Waals surface area (Å²) in [6, 6.07) is 8.69. The van der Waals surface area contributed by atoms with Crippen molar-refractivity contribution in [2.45, 2.75) is 43.9 Å². The monoisotopic (exact) mass is 283 g/mol. The number of benzene rings is 1. The smallest absolute Gasteiger partial charge is 0.231 e. The van der Waals surface area contributed by atoms with Gasteiger partial charge in [-0.05, 0) is 49.8 Å². The summed E-state index contributed by atoms with van der Waals surface area (Å²) in [4.78, 5) is 4.74. The first-order chi connectivity index (χ1) is 10.4. The van der Waals surface area contributed by atoms with E-state index in [1.165, 1.54) is 30.4 Å². The van der Waals surface area contributed by atoms with E-state index in [0.29, 0.717) is 11.8 Å². The van der Waals surface area contributed by atoms with Crippen LogP contribution in [0.4, 0.5) is 0 Å². The van der Waals surface area contributed by atoms with E-state index in [9.17, 15) is 0 Å². The number of fused-ring (bicyclic) bond motifs is 1. The van der Waals surface area contributed by atoms with Crippen LogP contribution in [-0.4, -0.2) is 23.2 Å². The summed E-state index contributed by atoms with van der Waals surface area (Å²) in [6.07, 6.45) is 5.84. The van der Waals surface area contributed by atoms with Crippen LogP contribution < -0.4 is 5.32 Å². The fraction of sp³-hybridized carbons (Fsp3) is 0.529. The Morgan fingerprint density at radius 2 is 2.10 bits per heavy atom. The third-order valence-corrected chi connectivity index (χ3v) is 4.78. The first kappa shape index (κ1) is 13.0. The molecule has 0 spiro atoms. The van der Waals surface area contributed by atoms with Gasteiger partial charge in [-0.25, -0.2) is 0 Å². The third kappa shape index (κ3) is 2.48. The molecule has 110 valence electrons. The number of hydrogen-bond donors (Lipinski definition) is 1. The van der Waals surface area contributed by atoms with Crippen LogP contribution in [0, 0.1) is 0 Å². The minimum absolute atomic E-state index is 0.309. The molecule has 1 unspecified atom stereocenters. The normalized spacial score (nSPS) is 25.5. The quantitative estimate of drug-likeness (QED) is 0.920. The molecule has 0 bridgehead atoms. The van der Waals surface area contributed by atoms with Gasteiger partial charge in [0.25, 0.3) is 0 Å². The summed E-state index contributed by atoms with van der Waals surface area (Å²) in [5.74, 6) is 2.39. The van der Waals surface area contributed by atoms with Crippen LogP contribution in [0.1, 0.15) is 60.4 Å². The van der Waals surface area contributed by atoms with E-state index in [2.05, 4.69) is 34.7 Å². The predicted octanol–water partition coefficient (Wildman–Crippen LogP) is 3.00. The van der Waals surface area contributed by atoms with Gasteiger partial charge in [-0.2, -0.15) is 4.98 Å². The molecule has 1 fully saturated rings. The number of aryl methyl sites for hydroxylation is 1. The maximum absolute atomic E-state index is 5.57. The molecule has 1 aromatic heterocycles. The Morgan fingerprint density at radius 1 is 1.14 bits per heavy atom. The number of hydrogen-bond acceptors (Lipinski definition) is 4. The Hall–Kier alpha value is -1.68. The lowest BCUT2D eigenvalue weighted by Crippen LogP contribution is -2.28. The summed E-state index contributed by atoms with van der Waals surface area (Å²) in [5, 5.41) is 7.71. The average molecular weight is 283 g/mol. The minimum atomic E-state index is 0.309. The molecule has 0 amide bonds. The number of piperidine rings is 1. The zero-order valence-corrected chi connectivity index (χ0v) is 12.2. The lowest BCUT2D eigenvalue weighted by Gasteiger charge is -2.22. The summed E-state index contributed by atoms with van der Waals surface area (Å²) in [5.41, 5.74) is 2.83. The Bertz CT molecular complexity index is 616.